The van der Waals surface area contributed by atoms with Gasteiger partial charge in [0, 0.05) is 19.7 Å². The molecule has 2 amide bonds. The van der Waals surface area contributed by atoms with E-state index in [1.165, 1.54) is 18.2 Å². The molecule has 0 saturated carbocycles. The first-order chi connectivity index (χ1) is 19.0. The van der Waals surface area contributed by atoms with Gasteiger partial charge in [0.15, 0.2) is 11.5 Å². The average Bonchev–Trinajstić information content (AvgIpc) is 2.95. The SMILES string of the molecule is CCOCC(=O)N1CCc2cc3ccc2C1c1ccc(OC)c(c1)OCCCNC(=O)c1cc(ccc1F)O3. The first-order valence-electron chi connectivity index (χ1n) is 13.0. The van der Waals surface area contributed by atoms with Crippen LogP contribution in [0, 0.1) is 5.82 Å². The van der Waals surface area contributed by atoms with Gasteiger partial charge in [-0.25, -0.2) is 4.39 Å². The molecule has 3 aliphatic heterocycles. The van der Waals surface area contributed by atoms with Crippen molar-refractivity contribution < 1.29 is 32.9 Å². The second-order valence-electron chi connectivity index (χ2n) is 9.35. The second kappa shape index (κ2) is 11.7. The molecule has 0 spiro atoms. The maximum Gasteiger partial charge on any atom is 0.254 e. The van der Waals surface area contributed by atoms with Crippen molar-refractivity contribution in [1.82, 2.24) is 10.2 Å². The molecule has 8 bridgehead atoms. The van der Waals surface area contributed by atoms with Gasteiger partial charge in [0.2, 0.25) is 5.91 Å². The molecule has 0 saturated heterocycles. The second-order valence-corrected chi connectivity index (χ2v) is 9.35. The number of ether oxygens (including phenoxy) is 4. The Morgan fingerprint density at radius 2 is 1.95 bits per heavy atom. The molecule has 3 aliphatic rings. The van der Waals surface area contributed by atoms with Crippen LogP contribution in [0.5, 0.6) is 23.0 Å². The lowest BCUT2D eigenvalue weighted by molar-refractivity contribution is -0.138. The first kappa shape index (κ1) is 26.5. The zero-order valence-electron chi connectivity index (χ0n) is 22.0. The molecule has 0 radical (unpaired) electrons. The van der Waals surface area contributed by atoms with Crippen molar-refractivity contribution in [1.29, 1.82) is 0 Å². The molecule has 1 N–H and O–H groups in total. The predicted molar refractivity (Wildman–Crippen MR) is 142 cm³/mol. The molecule has 6 rings (SSSR count). The number of fused-ring (bicyclic) bond motifs is 6. The minimum atomic E-state index is -0.628. The summed E-state index contributed by atoms with van der Waals surface area (Å²) in [6.45, 7) is 3.39. The van der Waals surface area contributed by atoms with Crippen LogP contribution in [0.2, 0.25) is 0 Å². The van der Waals surface area contributed by atoms with E-state index in [9.17, 15) is 14.0 Å². The number of rotatable bonds is 4. The van der Waals surface area contributed by atoms with Crippen LogP contribution in [0.15, 0.2) is 54.6 Å². The summed E-state index contributed by atoms with van der Waals surface area (Å²) in [5.74, 6) is 0.753. The van der Waals surface area contributed by atoms with E-state index in [1.807, 2.05) is 48.2 Å². The molecule has 39 heavy (non-hydrogen) atoms. The lowest BCUT2D eigenvalue weighted by Crippen LogP contribution is -2.42. The van der Waals surface area contributed by atoms with Gasteiger partial charge < -0.3 is 29.2 Å². The van der Waals surface area contributed by atoms with Gasteiger partial charge in [-0.15, -0.1) is 0 Å². The molecule has 0 fully saturated rings. The van der Waals surface area contributed by atoms with Crippen molar-refractivity contribution >= 4 is 11.8 Å². The summed E-state index contributed by atoms with van der Waals surface area (Å²) < 4.78 is 37.5. The van der Waals surface area contributed by atoms with Crippen LogP contribution in [0.3, 0.4) is 0 Å². The first-order valence-corrected chi connectivity index (χ1v) is 13.0. The van der Waals surface area contributed by atoms with Crippen LogP contribution >= 0.6 is 0 Å². The Balaban J connectivity index is 1.59. The number of hydrogen-bond acceptors (Lipinski definition) is 6. The molecule has 8 nitrogen and oxygen atoms in total. The average molecular weight is 535 g/mol. The maximum absolute atomic E-state index is 14.5. The molecular formula is C30H31FN2O6. The van der Waals surface area contributed by atoms with Crippen LogP contribution in [-0.4, -0.2) is 56.7 Å². The third-order valence-corrected chi connectivity index (χ3v) is 6.88. The van der Waals surface area contributed by atoms with Crippen molar-refractivity contribution in [2.24, 2.45) is 0 Å². The molecule has 0 aromatic heterocycles. The number of halogens is 1. The van der Waals surface area contributed by atoms with E-state index in [4.69, 9.17) is 18.9 Å². The van der Waals surface area contributed by atoms with Gasteiger partial charge in [-0.2, -0.15) is 0 Å². The van der Waals surface area contributed by atoms with Crippen molar-refractivity contribution in [2.45, 2.75) is 25.8 Å². The number of methoxy groups -OCH3 is 1. The summed E-state index contributed by atoms with van der Waals surface area (Å²) in [6.07, 6.45) is 1.11. The van der Waals surface area contributed by atoms with Gasteiger partial charge in [0.1, 0.15) is 23.9 Å². The van der Waals surface area contributed by atoms with Gasteiger partial charge in [0.25, 0.3) is 5.91 Å². The van der Waals surface area contributed by atoms with Crippen LogP contribution in [0.25, 0.3) is 0 Å². The summed E-state index contributed by atoms with van der Waals surface area (Å²) in [5.41, 5.74) is 2.78. The predicted octanol–water partition coefficient (Wildman–Crippen LogP) is 4.65. The molecule has 3 heterocycles. The Labute approximate surface area is 226 Å². The van der Waals surface area contributed by atoms with Crippen LogP contribution in [0.4, 0.5) is 4.39 Å². The number of nitrogens with zero attached hydrogens (tertiary/aromatic N) is 1. The quantitative estimate of drug-likeness (QED) is 0.525. The Morgan fingerprint density at radius 3 is 2.77 bits per heavy atom. The number of amides is 2. The van der Waals surface area contributed by atoms with Crippen LogP contribution in [-0.2, 0) is 16.0 Å². The highest BCUT2D eigenvalue weighted by atomic mass is 19.1. The number of nitrogens with one attached hydrogen (secondary N) is 1. The molecule has 0 aliphatic carbocycles. The monoisotopic (exact) mass is 534 g/mol. The van der Waals surface area contributed by atoms with Crippen molar-refractivity contribution in [3.05, 3.63) is 82.7 Å². The van der Waals surface area contributed by atoms with Gasteiger partial charge in [0.05, 0.1) is 25.3 Å². The molecule has 3 aromatic carbocycles. The van der Waals surface area contributed by atoms with E-state index in [2.05, 4.69) is 5.32 Å². The molecule has 3 aromatic rings. The van der Waals surface area contributed by atoms with Crippen LogP contribution < -0.4 is 19.5 Å². The molecule has 204 valence electrons. The minimum Gasteiger partial charge on any atom is -0.493 e. The Morgan fingerprint density at radius 1 is 1.13 bits per heavy atom. The largest absolute Gasteiger partial charge is 0.493 e. The summed E-state index contributed by atoms with van der Waals surface area (Å²) in [4.78, 5) is 27.7. The molecule has 9 heteroatoms. The standard InChI is InChI=1S/C30H31FN2O6/c1-3-37-18-28(34)33-13-11-19-15-21-6-8-23(19)29(33)20-5-10-26(36-2)27(16-20)38-14-4-12-32-30(35)24-17-22(39-21)7-9-25(24)31/h5-10,15-17,29H,3-4,11-14,18H2,1-2H3,(H,32,35). The maximum atomic E-state index is 14.5. The van der Waals surface area contributed by atoms with E-state index >= 15 is 0 Å². The number of hydrogen-bond donors (Lipinski definition) is 1. The fourth-order valence-electron chi connectivity index (χ4n) is 4.97. The van der Waals surface area contributed by atoms with Crippen molar-refractivity contribution in [3.8, 4) is 23.0 Å². The smallest absolute Gasteiger partial charge is 0.254 e. The van der Waals surface area contributed by atoms with Gasteiger partial charge >= 0.3 is 0 Å². The summed E-state index contributed by atoms with van der Waals surface area (Å²) in [6, 6.07) is 15.1. The fourth-order valence-corrected chi connectivity index (χ4v) is 4.97. The molecule has 1 atom stereocenters. The highest BCUT2D eigenvalue weighted by molar-refractivity contribution is 5.94. The van der Waals surface area contributed by atoms with Gasteiger partial charge in [-0.3, -0.25) is 9.59 Å². The Bertz CT molecular complexity index is 1380. The highest BCUT2D eigenvalue weighted by Gasteiger charge is 2.33. The topological polar surface area (TPSA) is 86.3 Å². The van der Waals surface area contributed by atoms with Crippen LogP contribution in [0.1, 0.15) is 46.4 Å². The third kappa shape index (κ3) is 5.68. The molecular weight excluding hydrogens is 503 g/mol. The highest BCUT2D eigenvalue weighted by Crippen LogP contribution is 2.40. The summed E-state index contributed by atoms with van der Waals surface area (Å²) in [7, 11) is 1.57. The van der Waals surface area contributed by atoms with E-state index in [-0.39, 0.29) is 30.7 Å². The number of carbonyl (C=O) groups is 2. The fraction of sp³-hybridized carbons (Fsp3) is 0.333. The lowest BCUT2D eigenvalue weighted by Gasteiger charge is -2.38. The van der Waals surface area contributed by atoms with E-state index in [1.54, 1.807) is 7.11 Å². The number of carbonyl (C=O) groups excluding carboxylic acids is 2. The minimum absolute atomic E-state index is 0.00165. The zero-order valence-corrected chi connectivity index (χ0v) is 22.0. The van der Waals surface area contributed by atoms with Gasteiger partial charge in [-0.1, -0.05) is 12.1 Å². The Kier molecular flexibility index (Phi) is 7.97. The van der Waals surface area contributed by atoms with E-state index in [0.717, 1.165) is 16.7 Å². The summed E-state index contributed by atoms with van der Waals surface area (Å²) >= 11 is 0. The Hall–Kier alpha value is -4.11. The van der Waals surface area contributed by atoms with E-state index in [0.29, 0.717) is 55.6 Å². The third-order valence-electron chi connectivity index (χ3n) is 6.88. The van der Waals surface area contributed by atoms with E-state index < -0.39 is 11.7 Å². The number of benzene rings is 3. The van der Waals surface area contributed by atoms with Gasteiger partial charge in [-0.05, 0) is 78.9 Å². The summed E-state index contributed by atoms with van der Waals surface area (Å²) in [5, 5.41) is 2.73. The normalized spacial score (nSPS) is 16.8. The van der Waals surface area contributed by atoms with Crippen molar-refractivity contribution in [2.75, 3.05) is 40.0 Å². The van der Waals surface area contributed by atoms with Crippen molar-refractivity contribution in [3.63, 3.8) is 0 Å². The zero-order chi connectivity index (χ0) is 27.4. The molecule has 1 unspecified atom stereocenters. The lowest BCUT2D eigenvalue weighted by atomic mass is 9.87.